The van der Waals surface area contributed by atoms with Gasteiger partial charge in [-0.1, -0.05) is 0 Å². The molecule has 1 aromatic rings. The molecule has 0 spiro atoms. The number of carbonyl (C=O) groups excluding carboxylic acids is 1. The van der Waals surface area contributed by atoms with E-state index in [0.717, 1.165) is 11.3 Å². The van der Waals surface area contributed by atoms with Gasteiger partial charge in [-0.2, -0.15) is 0 Å². The summed E-state index contributed by atoms with van der Waals surface area (Å²) in [6.07, 6.45) is 3.39. The lowest BCUT2D eigenvalue weighted by molar-refractivity contribution is 0.218. The van der Waals surface area contributed by atoms with Gasteiger partial charge in [0.05, 0.1) is 11.9 Å². The Morgan fingerprint density at radius 3 is 3.42 bits per heavy atom. The molecule has 4 heteroatoms. The zero-order valence-electron chi connectivity index (χ0n) is 6.74. The standard InChI is InChI=1S/C8H9N3O.H2/c1-11-5-6-2-3-9-4-7(6)10-8(11)12;/h2-4H,5H2,1H3,(H,10,12);1H. The highest BCUT2D eigenvalue weighted by Crippen LogP contribution is 2.19. The van der Waals surface area contributed by atoms with Crippen molar-refractivity contribution in [3.63, 3.8) is 0 Å². The van der Waals surface area contributed by atoms with Gasteiger partial charge in [-0.05, 0) is 11.6 Å². The maximum Gasteiger partial charge on any atom is 0.321 e. The summed E-state index contributed by atoms with van der Waals surface area (Å²) in [6, 6.07) is 1.83. The van der Waals surface area contributed by atoms with Crippen LogP contribution in [0.25, 0.3) is 0 Å². The van der Waals surface area contributed by atoms with E-state index in [-0.39, 0.29) is 7.46 Å². The van der Waals surface area contributed by atoms with E-state index in [1.54, 1.807) is 24.3 Å². The van der Waals surface area contributed by atoms with Crippen molar-refractivity contribution in [1.82, 2.24) is 9.88 Å². The first kappa shape index (κ1) is 7.09. The summed E-state index contributed by atoms with van der Waals surface area (Å²) in [7, 11) is 1.76. The van der Waals surface area contributed by atoms with Crippen LogP contribution in [0.3, 0.4) is 0 Å². The largest absolute Gasteiger partial charge is 0.323 e. The van der Waals surface area contributed by atoms with Gasteiger partial charge in [-0.15, -0.1) is 0 Å². The summed E-state index contributed by atoms with van der Waals surface area (Å²) in [5, 5.41) is 2.73. The third kappa shape index (κ3) is 1.01. The molecular weight excluding hydrogens is 154 g/mol. The summed E-state index contributed by atoms with van der Waals surface area (Å²) < 4.78 is 0. The predicted molar refractivity (Wildman–Crippen MR) is 46.8 cm³/mol. The fraction of sp³-hybridized carbons (Fsp3) is 0.250. The van der Waals surface area contributed by atoms with Crippen molar-refractivity contribution in [2.45, 2.75) is 6.54 Å². The Morgan fingerprint density at radius 1 is 1.75 bits per heavy atom. The third-order valence-corrected chi connectivity index (χ3v) is 1.91. The van der Waals surface area contributed by atoms with E-state index in [1.165, 1.54) is 0 Å². The lowest BCUT2D eigenvalue weighted by atomic mass is 10.2. The first-order valence-electron chi connectivity index (χ1n) is 3.72. The number of hydrogen-bond acceptors (Lipinski definition) is 2. The molecule has 0 aromatic carbocycles. The molecule has 2 heterocycles. The summed E-state index contributed by atoms with van der Waals surface area (Å²) in [4.78, 5) is 16.7. The second-order valence-electron chi connectivity index (χ2n) is 2.82. The molecule has 1 N–H and O–H groups in total. The molecule has 12 heavy (non-hydrogen) atoms. The van der Waals surface area contributed by atoms with Gasteiger partial charge in [-0.3, -0.25) is 4.98 Å². The van der Waals surface area contributed by atoms with Crippen LogP contribution in [0.4, 0.5) is 10.5 Å². The first-order chi connectivity index (χ1) is 5.77. The maximum absolute atomic E-state index is 11.1. The highest BCUT2D eigenvalue weighted by molar-refractivity contribution is 5.91. The molecule has 0 saturated carbocycles. The first-order valence-corrected chi connectivity index (χ1v) is 3.72. The number of carbonyl (C=O) groups is 1. The minimum absolute atomic E-state index is 0. The molecule has 0 fully saturated rings. The molecule has 2 amide bonds. The van der Waals surface area contributed by atoms with E-state index in [9.17, 15) is 4.79 Å². The van der Waals surface area contributed by atoms with Crippen molar-refractivity contribution in [3.05, 3.63) is 24.0 Å². The zero-order valence-corrected chi connectivity index (χ0v) is 6.74. The van der Waals surface area contributed by atoms with E-state index in [2.05, 4.69) is 10.3 Å². The number of nitrogens with zero attached hydrogens (tertiary/aromatic N) is 2. The van der Waals surface area contributed by atoms with Crippen molar-refractivity contribution >= 4 is 11.7 Å². The van der Waals surface area contributed by atoms with Gasteiger partial charge in [0, 0.05) is 21.2 Å². The number of amides is 2. The van der Waals surface area contributed by atoms with Crippen molar-refractivity contribution in [3.8, 4) is 0 Å². The van der Waals surface area contributed by atoms with Crippen molar-refractivity contribution < 1.29 is 6.22 Å². The Hall–Kier alpha value is -1.58. The fourth-order valence-corrected chi connectivity index (χ4v) is 1.21. The highest BCUT2D eigenvalue weighted by atomic mass is 16.2. The molecule has 64 valence electrons. The fourth-order valence-electron chi connectivity index (χ4n) is 1.21. The summed E-state index contributed by atoms with van der Waals surface area (Å²) in [6.45, 7) is 0.656. The smallest absolute Gasteiger partial charge is 0.321 e. The van der Waals surface area contributed by atoms with Gasteiger partial charge in [0.2, 0.25) is 0 Å². The number of aromatic nitrogens is 1. The van der Waals surface area contributed by atoms with Crippen LogP contribution in [0.2, 0.25) is 0 Å². The highest BCUT2D eigenvalue weighted by Gasteiger charge is 2.18. The van der Waals surface area contributed by atoms with Gasteiger partial charge in [0.25, 0.3) is 0 Å². The van der Waals surface area contributed by atoms with Crippen LogP contribution < -0.4 is 5.32 Å². The van der Waals surface area contributed by atoms with Gasteiger partial charge in [0.1, 0.15) is 0 Å². The van der Waals surface area contributed by atoms with E-state index in [1.807, 2.05) is 6.07 Å². The number of pyridine rings is 1. The van der Waals surface area contributed by atoms with Crippen LogP contribution in [-0.2, 0) is 6.54 Å². The predicted octanol–water partition coefficient (Wildman–Crippen LogP) is 1.30. The summed E-state index contributed by atoms with van der Waals surface area (Å²) in [5.41, 5.74) is 1.92. The molecule has 1 aromatic heterocycles. The second-order valence-corrected chi connectivity index (χ2v) is 2.82. The average molecular weight is 165 g/mol. The number of urea groups is 1. The lowest BCUT2D eigenvalue weighted by Crippen LogP contribution is -2.35. The van der Waals surface area contributed by atoms with Gasteiger partial charge in [0.15, 0.2) is 0 Å². The Morgan fingerprint density at radius 2 is 2.58 bits per heavy atom. The maximum atomic E-state index is 11.1. The summed E-state index contributed by atoms with van der Waals surface area (Å²) >= 11 is 0. The minimum atomic E-state index is -0.0736. The van der Waals surface area contributed by atoms with Gasteiger partial charge in [-0.25, -0.2) is 4.79 Å². The van der Waals surface area contributed by atoms with Crippen LogP contribution >= 0.6 is 0 Å². The number of nitrogens with one attached hydrogen (secondary N) is 1. The van der Waals surface area contributed by atoms with E-state index < -0.39 is 0 Å². The second kappa shape index (κ2) is 2.48. The van der Waals surface area contributed by atoms with Crippen LogP contribution in [0.5, 0.6) is 0 Å². The molecule has 4 nitrogen and oxygen atoms in total. The van der Waals surface area contributed by atoms with Crippen LogP contribution in [0.1, 0.15) is 6.99 Å². The molecule has 0 aliphatic carbocycles. The quantitative estimate of drug-likeness (QED) is 0.629. The molecule has 1 aliphatic heterocycles. The molecule has 2 rings (SSSR count). The molecule has 1 aliphatic rings. The number of anilines is 1. The zero-order chi connectivity index (χ0) is 8.55. The van der Waals surface area contributed by atoms with Crippen LogP contribution in [0.15, 0.2) is 18.5 Å². The minimum Gasteiger partial charge on any atom is -0.323 e. The molecule has 0 saturated heterocycles. The van der Waals surface area contributed by atoms with Gasteiger partial charge < -0.3 is 10.2 Å². The number of hydrogen-bond donors (Lipinski definition) is 1. The van der Waals surface area contributed by atoms with E-state index >= 15 is 0 Å². The SMILES string of the molecule is CN1Cc2ccncc2NC1=O.[HH]. The van der Waals surface area contributed by atoms with Crippen LogP contribution in [-0.4, -0.2) is 23.0 Å². The van der Waals surface area contributed by atoms with E-state index in [4.69, 9.17) is 0 Å². The number of rotatable bonds is 0. The van der Waals surface area contributed by atoms with Crippen molar-refractivity contribution in [1.29, 1.82) is 0 Å². The Labute approximate surface area is 71.7 Å². The lowest BCUT2D eigenvalue weighted by Gasteiger charge is -2.25. The number of fused-ring (bicyclic) bond motifs is 1. The normalized spacial score (nSPS) is 15.4. The molecule has 0 unspecified atom stereocenters. The Bertz CT molecular complexity index is 329. The summed E-state index contributed by atoms with van der Waals surface area (Å²) in [5.74, 6) is 0. The van der Waals surface area contributed by atoms with E-state index in [0.29, 0.717) is 6.54 Å². The molecular formula is C8H11N3O. The molecule has 0 bridgehead atoms. The monoisotopic (exact) mass is 165 g/mol. The Kier molecular flexibility index (Phi) is 1.46. The topological polar surface area (TPSA) is 45.2 Å². The Balaban J connectivity index is 0.000000845. The van der Waals surface area contributed by atoms with Gasteiger partial charge >= 0.3 is 6.03 Å². The van der Waals surface area contributed by atoms with Crippen molar-refractivity contribution in [2.24, 2.45) is 0 Å². The van der Waals surface area contributed by atoms with Crippen molar-refractivity contribution in [2.75, 3.05) is 12.4 Å². The molecule has 0 radical (unpaired) electrons. The van der Waals surface area contributed by atoms with Crippen LogP contribution in [0, 0.1) is 0 Å². The molecule has 0 atom stereocenters. The third-order valence-electron chi connectivity index (χ3n) is 1.91. The average Bonchev–Trinajstić information content (AvgIpc) is 2.07.